The van der Waals surface area contributed by atoms with Gasteiger partial charge in [-0.15, -0.1) is 0 Å². The summed E-state index contributed by atoms with van der Waals surface area (Å²) in [7, 11) is 3.11. The maximum absolute atomic E-state index is 12.3. The summed E-state index contributed by atoms with van der Waals surface area (Å²) >= 11 is 0. The molecule has 0 unspecified atom stereocenters. The standard InChI is InChI=1S/C22H30N4O4/c1-12(2)20(22(3)9-6-7-10-22)25-15-14(18(28)19(15)29)24-13-8-11-23-16(17(13)27)21(30)26(4)5/h8,11-12,20,25,27H,6-7,9-10H2,1-5H3,(H,23,24)/t20-/m0/s1. The van der Waals surface area contributed by atoms with Crippen molar-refractivity contribution in [2.75, 3.05) is 24.7 Å². The Balaban J connectivity index is 1.91. The summed E-state index contributed by atoms with van der Waals surface area (Å²) in [4.78, 5) is 42.1. The number of nitrogens with one attached hydrogen (secondary N) is 2. The highest BCUT2D eigenvalue weighted by molar-refractivity contribution is 5.97. The second-order valence-corrected chi connectivity index (χ2v) is 9.02. The van der Waals surface area contributed by atoms with Crippen molar-refractivity contribution in [3.8, 4) is 5.75 Å². The summed E-state index contributed by atoms with van der Waals surface area (Å²) < 4.78 is 0. The number of amides is 1. The number of aromatic hydroxyl groups is 1. The van der Waals surface area contributed by atoms with Gasteiger partial charge in [0.1, 0.15) is 11.4 Å². The summed E-state index contributed by atoms with van der Waals surface area (Å²) in [6.45, 7) is 6.44. The molecule has 1 saturated carbocycles. The lowest BCUT2D eigenvalue weighted by Gasteiger charge is -2.39. The number of hydrogen-bond acceptors (Lipinski definition) is 7. The largest absolute Gasteiger partial charge is 0.504 e. The van der Waals surface area contributed by atoms with Crippen LogP contribution in [0.5, 0.6) is 5.75 Å². The fourth-order valence-corrected chi connectivity index (χ4v) is 4.50. The van der Waals surface area contributed by atoms with Gasteiger partial charge in [-0.25, -0.2) is 4.98 Å². The summed E-state index contributed by atoms with van der Waals surface area (Å²) in [5.41, 5.74) is -0.790. The normalized spacial score (nSPS) is 16.6. The van der Waals surface area contributed by atoms with E-state index in [-0.39, 0.29) is 45.9 Å². The van der Waals surface area contributed by atoms with Crippen molar-refractivity contribution in [1.82, 2.24) is 9.88 Å². The van der Waals surface area contributed by atoms with E-state index >= 15 is 0 Å². The molecule has 30 heavy (non-hydrogen) atoms. The quantitative estimate of drug-likeness (QED) is 0.597. The Morgan fingerprint density at radius 3 is 2.33 bits per heavy atom. The molecule has 0 radical (unpaired) electrons. The molecule has 0 bridgehead atoms. The molecule has 162 valence electrons. The minimum absolute atomic E-state index is 0.0424. The third kappa shape index (κ3) is 3.78. The molecular formula is C22H30N4O4. The number of carbonyl (C=O) groups is 1. The van der Waals surface area contributed by atoms with Crippen molar-refractivity contribution in [3.05, 3.63) is 38.4 Å². The molecule has 2 aromatic rings. The lowest BCUT2D eigenvalue weighted by molar-refractivity contribution is 0.0819. The van der Waals surface area contributed by atoms with Crippen molar-refractivity contribution in [2.45, 2.75) is 52.5 Å². The van der Waals surface area contributed by atoms with Crippen LogP contribution in [0, 0.1) is 11.3 Å². The molecule has 1 amide bonds. The van der Waals surface area contributed by atoms with Crippen LogP contribution in [0.1, 0.15) is 56.9 Å². The fraction of sp³-hybridized carbons (Fsp3) is 0.545. The Morgan fingerprint density at radius 1 is 1.17 bits per heavy atom. The van der Waals surface area contributed by atoms with Crippen molar-refractivity contribution in [1.29, 1.82) is 0 Å². The molecule has 1 aliphatic rings. The van der Waals surface area contributed by atoms with Gasteiger partial charge in [-0.1, -0.05) is 33.6 Å². The molecular weight excluding hydrogens is 384 g/mol. The first-order valence-corrected chi connectivity index (χ1v) is 10.3. The average molecular weight is 415 g/mol. The van der Waals surface area contributed by atoms with Crippen LogP contribution in [0.3, 0.4) is 0 Å². The maximum atomic E-state index is 12.3. The van der Waals surface area contributed by atoms with Gasteiger partial charge in [-0.05, 0) is 30.2 Å². The molecule has 0 saturated heterocycles. The molecule has 1 aromatic heterocycles. The zero-order valence-electron chi connectivity index (χ0n) is 18.2. The minimum Gasteiger partial charge on any atom is -0.504 e. The van der Waals surface area contributed by atoms with Crippen molar-refractivity contribution in [2.24, 2.45) is 11.3 Å². The topological polar surface area (TPSA) is 112 Å². The summed E-state index contributed by atoms with van der Waals surface area (Å²) in [6, 6.07) is 1.50. The molecule has 1 atom stereocenters. The Labute approximate surface area is 176 Å². The lowest BCUT2D eigenvalue weighted by atomic mass is 9.75. The molecule has 1 fully saturated rings. The third-order valence-corrected chi connectivity index (χ3v) is 6.17. The van der Waals surface area contributed by atoms with E-state index in [1.807, 2.05) is 0 Å². The molecule has 8 nitrogen and oxygen atoms in total. The number of anilines is 3. The van der Waals surface area contributed by atoms with E-state index in [2.05, 4.69) is 36.4 Å². The first-order valence-electron chi connectivity index (χ1n) is 10.3. The maximum Gasteiger partial charge on any atom is 0.275 e. The van der Waals surface area contributed by atoms with Gasteiger partial charge in [0.05, 0.1) is 5.69 Å². The third-order valence-electron chi connectivity index (χ3n) is 6.17. The van der Waals surface area contributed by atoms with Crippen molar-refractivity contribution >= 4 is 23.0 Å². The van der Waals surface area contributed by atoms with Crippen LogP contribution in [0.15, 0.2) is 21.9 Å². The highest BCUT2D eigenvalue weighted by Gasteiger charge is 2.40. The SMILES string of the molecule is CC(C)[C@H](Nc1c(Nc2ccnc(C(=O)N(C)C)c2O)c(=O)c1=O)C1(C)CCCC1. The first kappa shape index (κ1) is 21.8. The zero-order valence-corrected chi connectivity index (χ0v) is 18.2. The Morgan fingerprint density at radius 2 is 1.77 bits per heavy atom. The van der Waals surface area contributed by atoms with Gasteiger partial charge in [0.2, 0.25) is 0 Å². The summed E-state index contributed by atoms with van der Waals surface area (Å²) in [5.74, 6) is -0.559. The number of carbonyl (C=O) groups excluding carboxylic acids is 1. The van der Waals surface area contributed by atoms with Gasteiger partial charge in [-0.3, -0.25) is 14.4 Å². The number of nitrogens with zero attached hydrogens (tertiary/aromatic N) is 2. The van der Waals surface area contributed by atoms with E-state index in [1.54, 1.807) is 14.1 Å². The predicted octanol–water partition coefficient (Wildman–Crippen LogP) is 2.85. The summed E-state index contributed by atoms with van der Waals surface area (Å²) in [5, 5.41) is 16.7. The Bertz CT molecular complexity index is 1010. The first-order chi connectivity index (χ1) is 14.1. The molecule has 1 heterocycles. The lowest BCUT2D eigenvalue weighted by Crippen LogP contribution is -2.46. The number of rotatable bonds is 7. The van der Waals surface area contributed by atoms with E-state index in [0.29, 0.717) is 0 Å². The van der Waals surface area contributed by atoms with Crippen LogP contribution in [0.4, 0.5) is 17.1 Å². The average Bonchev–Trinajstić information content (AvgIpc) is 3.14. The van der Waals surface area contributed by atoms with Crippen LogP contribution < -0.4 is 21.5 Å². The van der Waals surface area contributed by atoms with E-state index in [4.69, 9.17) is 0 Å². The number of pyridine rings is 1. The number of hydrogen-bond donors (Lipinski definition) is 3. The van der Waals surface area contributed by atoms with Crippen LogP contribution in [0.25, 0.3) is 0 Å². The highest BCUT2D eigenvalue weighted by atomic mass is 16.3. The molecule has 8 heteroatoms. The van der Waals surface area contributed by atoms with E-state index in [1.165, 1.54) is 17.2 Å². The minimum atomic E-state index is -0.645. The van der Waals surface area contributed by atoms with Gasteiger partial charge in [-0.2, -0.15) is 0 Å². The highest BCUT2D eigenvalue weighted by Crippen LogP contribution is 2.44. The number of aromatic nitrogens is 1. The molecule has 0 spiro atoms. The zero-order chi connectivity index (χ0) is 22.2. The van der Waals surface area contributed by atoms with Gasteiger partial charge in [0.15, 0.2) is 11.4 Å². The molecule has 1 aromatic carbocycles. The molecule has 3 N–H and O–H groups in total. The van der Waals surface area contributed by atoms with E-state index in [9.17, 15) is 19.5 Å². The van der Waals surface area contributed by atoms with Crippen molar-refractivity contribution in [3.63, 3.8) is 0 Å². The van der Waals surface area contributed by atoms with Crippen molar-refractivity contribution < 1.29 is 9.90 Å². The summed E-state index contributed by atoms with van der Waals surface area (Å²) in [6.07, 6.45) is 5.83. The smallest absolute Gasteiger partial charge is 0.275 e. The monoisotopic (exact) mass is 414 g/mol. The van der Waals surface area contributed by atoms with Gasteiger partial charge in [0, 0.05) is 26.3 Å². The van der Waals surface area contributed by atoms with Crippen LogP contribution >= 0.6 is 0 Å². The van der Waals surface area contributed by atoms with Crippen LogP contribution in [0.2, 0.25) is 0 Å². The fourth-order valence-electron chi connectivity index (χ4n) is 4.50. The molecule has 3 rings (SSSR count). The second-order valence-electron chi connectivity index (χ2n) is 9.02. The van der Waals surface area contributed by atoms with Crippen LogP contribution in [-0.4, -0.2) is 41.0 Å². The van der Waals surface area contributed by atoms with E-state index < -0.39 is 16.8 Å². The second kappa shape index (κ2) is 8.08. The molecule has 0 aliphatic heterocycles. The van der Waals surface area contributed by atoms with E-state index in [0.717, 1.165) is 25.7 Å². The van der Waals surface area contributed by atoms with Gasteiger partial charge >= 0.3 is 0 Å². The van der Waals surface area contributed by atoms with Crippen LogP contribution in [-0.2, 0) is 0 Å². The van der Waals surface area contributed by atoms with Gasteiger partial charge in [0.25, 0.3) is 16.8 Å². The predicted molar refractivity (Wildman–Crippen MR) is 117 cm³/mol. The Hall–Kier alpha value is -2.90. The molecule has 1 aliphatic carbocycles. The van der Waals surface area contributed by atoms with Gasteiger partial charge < -0.3 is 20.6 Å². The Kier molecular flexibility index (Phi) is 5.87.